The molecule has 0 radical (unpaired) electrons. The average molecular weight is 572 g/mol. The molecule has 3 rings (SSSR count). The number of thiazole rings is 1. The van der Waals surface area contributed by atoms with E-state index in [1.807, 2.05) is 84.9 Å². The Hall–Kier alpha value is -2.48. The van der Waals surface area contributed by atoms with Crippen molar-refractivity contribution in [1.29, 1.82) is 0 Å². The maximum absolute atomic E-state index is 5.32. The number of aromatic nitrogens is 1. The van der Waals surface area contributed by atoms with Gasteiger partial charge in [-0.25, -0.2) is 9.98 Å². The molecule has 226 valence electrons. The summed E-state index contributed by atoms with van der Waals surface area (Å²) in [6, 6.07) is 8.71. The second kappa shape index (κ2) is 22.2. The summed E-state index contributed by atoms with van der Waals surface area (Å²) in [4.78, 5) is 11.6. The van der Waals surface area contributed by atoms with Crippen LogP contribution in [0.1, 0.15) is 97.7 Å². The summed E-state index contributed by atoms with van der Waals surface area (Å²) in [6.45, 7) is 16.6. The lowest BCUT2D eigenvalue weighted by molar-refractivity contribution is 0.134. The van der Waals surface area contributed by atoms with Gasteiger partial charge in [0.25, 0.3) is 0 Å². The van der Waals surface area contributed by atoms with Gasteiger partial charge in [0.05, 0.1) is 22.5 Å². The number of ether oxygens (including phenoxy) is 1. The molecule has 1 aromatic heterocycles. The molecule has 1 aliphatic heterocycles. The number of methoxy groups -OCH3 is 1. The van der Waals surface area contributed by atoms with Crippen LogP contribution in [0.5, 0.6) is 0 Å². The first-order valence-corrected chi connectivity index (χ1v) is 15.7. The summed E-state index contributed by atoms with van der Waals surface area (Å²) < 4.78 is 5.32. The van der Waals surface area contributed by atoms with E-state index in [1.54, 1.807) is 18.4 Å². The van der Waals surface area contributed by atoms with Gasteiger partial charge < -0.3 is 20.3 Å². The molecular weight excluding hydrogens is 514 g/mol. The van der Waals surface area contributed by atoms with Crippen LogP contribution in [0.15, 0.2) is 53.6 Å². The van der Waals surface area contributed by atoms with Crippen LogP contribution in [-0.4, -0.2) is 56.1 Å². The van der Waals surface area contributed by atoms with E-state index in [1.165, 1.54) is 6.42 Å². The normalized spacial score (nSPS) is 13.3. The van der Waals surface area contributed by atoms with Crippen LogP contribution in [0.25, 0.3) is 0 Å². The average Bonchev–Trinajstić information content (AvgIpc) is 3.32. The number of rotatable bonds is 10. The van der Waals surface area contributed by atoms with Crippen molar-refractivity contribution in [3.63, 3.8) is 0 Å². The minimum atomic E-state index is 0.269. The number of fused-ring (bicyclic) bond motifs is 2. The molecule has 6 nitrogen and oxygen atoms in total. The van der Waals surface area contributed by atoms with Gasteiger partial charge in [-0.2, -0.15) is 0 Å². The van der Waals surface area contributed by atoms with E-state index in [4.69, 9.17) is 14.7 Å². The predicted octanol–water partition coefficient (Wildman–Crippen LogP) is 9.32. The first-order chi connectivity index (χ1) is 19.3. The van der Waals surface area contributed by atoms with E-state index in [0.717, 1.165) is 52.2 Å². The molecule has 0 bridgehead atoms. The predicted molar refractivity (Wildman–Crippen MR) is 180 cm³/mol. The lowest BCUT2D eigenvalue weighted by Crippen LogP contribution is -2.23. The van der Waals surface area contributed by atoms with Gasteiger partial charge in [0.15, 0.2) is 5.84 Å². The highest BCUT2D eigenvalue weighted by Crippen LogP contribution is 2.38. The third kappa shape index (κ3) is 13.2. The van der Waals surface area contributed by atoms with E-state index in [9.17, 15) is 0 Å². The van der Waals surface area contributed by atoms with Crippen molar-refractivity contribution in [3.05, 3.63) is 59.3 Å². The van der Waals surface area contributed by atoms with Gasteiger partial charge in [-0.3, -0.25) is 0 Å². The summed E-state index contributed by atoms with van der Waals surface area (Å²) >= 11 is 1.71. The number of amidine groups is 1. The van der Waals surface area contributed by atoms with Crippen molar-refractivity contribution < 1.29 is 4.74 Å². The summed E-state index contributed by atoms with van der Waals surface area (Å²) in [5, 5.41) is 8.93. The Bertz CT molecular complexity index is 1010. The molecule has 2 N–H and O–H groups in total. The number of hydrogen-bond donors (Lipinski definition) is 2. The topological polar surface area (TPSA) is 61.8 Å². The molecule has 2 aromatic rings. The van der Waals surface area contributed by atoms with Crippen LogP contribution in [0.3, 0.4) is 0 Å². The molecule has 2 heterocycles. The van der Waals surface area contributed by atoms with Crippen molar-refractivity contribution >= 4 is 33.5 Å². The number of allylic oxidation sites excluding steroid dienone is 3. The Morgan fingerprint density at radius 2 is 1.65 bits per heavy atom. The van der Waals surface area contributed by atoms with Gasteiger partial charge in [0.2, 0.25) is 0 Å². The summed E-state index contributed by atoms with van der Waals surface area (Å²) in [7, 11) is 7.79. The highest BCUT2D eigenvalue weighted by molar-refractivity contribution is 7.16. The van der Waals surface area contributed by atoms with Crippen LogP contribution >= 0.6 is 11.3 Å². The summed E-state index contributed by atoms with van der Waals surface area (Å²) in [5.41, 5.74) is 2.93. The molecule has 0 amide bonds. The van der Waals surface area contributed by atoms with E-state index in [0.29, 0.717) is 12.0 Å². The Morgan fingerprint density at radius 3 is 2.20 bits per heavy atom. The van der Waals surface area contributed by atoms with Gasteiger partial charge in [-0.05, 0) is 58.7 Å². The molecular formula is C33H57N5OS. The zero-order valence-corrected chi connectivity index (χ0v) is 28.2. The number of benzene rings is 1. The second-order valence-electron chi connectivity index (χ2n) is 9.47. The Morgan fingerprint density at radius 1 is 1.02 bits per heavy atom. The smallest absolute Gasteiger partial charge is 0.157 e. The van der Waals surface area contributed by atoms with Crippen molar-refractivity contribution in [3.8, 4) is 0 Å². The van der Waals surface area contributed by atoms with Gasteiger partial charge >= 0.3 is 0 Å². The van der Waals surface area contributed by atoms with Gasteiger partial charge in [-0.1, -0.05) is 78.0 Å². The summed E-state index contributed by atoms with van der Waals surface area (Å²) in [5.74, 6) is 1.33. The van der Waals surface area contributed by atoms with Crippen molar-refractivity contribution in [2.45, 2.75) is 99.1 Å². The molecule has 7 heteroatoms. The fourth-order valence-electron chi connectivity index (χ4n) is 3.59. The van der Waals surface area contributed by atoms with Crippen LogP contribution in [0, 0.1) is 0 Å². The van der Waals surface area contributed by atoms with Gasteiger partial charge in [0, 0.05) is 33.2 Å². The van der Waals surface area contributed by atoms with Crippen LogP contribution in [-0.2, 0) is 4.74 Å². The zero-order valence-electron chi connectivity index (χ0n) is 27.3. The molecule has 1 aliphatic rings. The molecule has 0 saturated heterocycles. The Balaban J connectivity index is 0.000000693. The minimum absolute atomic E-state index is 0.269. The lowest BCUT2D eigenvalue weighted by Gasteiger charge is -2.13. The minimum Gasteiger partial charge on any atom is -0.377 e. The van der Waals surface area contributed by atoms with E-state index >= 15 is 0 Å². The number of hydrogen-bond acceptors (Lipinski definition) is 7. The first-order valence-electron chi connectivity index (χ1n) is 14.9. The quantitative estimate of drug-likeness (QED) is 0.278. The van der Waals surface area contributed by atoms with Gasteiger partial charge in [0.1, 0.15) is 10.7 Å². The van der Waals surface area contributed by atoms with Crippen molar-refractivity contribution in [2.24, 2.45) is 4.99 Å². The summed E-state index contributed by atoms with van der Waals surface area (Å²) in [6.07, 6.45) is 13.5. The number of nitrogens with zero attached hydrogens (tertiary/aromatic N) is 3. The molecule has 0 aliphatic carbocycles. The molecule has 0 spiro atoms. The van der Waals surface area contributed by atoms with Crippen LogP contribution in [0.2, 0.25) is 0 Å². The van der Waals surface area contributed by atoms with E-state index in [2.05, 4.69) is 55.7 Å². The standard InChI is InChI=1S/C15H18N4S.C14H27NO.2C2H6/c1-9(2)14-18-12-13(19(3)4)16-10-7-5-6-8-11(10)17-15(12)20-14;1-5-10-14(16-4)12-9-7-6-8-11-13(2)15-3;2*1-2/h5-9,17H,1-4H3;5-7,10,13-15H,8-9,11-12H2,1-4H3;2*1-2H3/b;7-6+,10-5-;;. The van der Waals surface area contributed by atoms with Gasteiger partial charge in [-0.15, -0.1) is 11.3 Å². The molecule has 1 aromatic carbocycles. The Kier molecular flexibility index (Phi) is 20.9. The molecule has 40 heavy (non-hydrogen) atoms. The van der Waals surface area contributed by atoms with E-state index in [-0.39, 0.29) is 6.10 Å². The van der Waals surface area contributed by atoms with Crippen molar-refractivity contribution in [2.75, 3.05) is 33.6 Å². The van der Waals surface area contributed by atoms with Crippen molar-refractivity contribution in [1.82, 2.24) is 15.2 Å². The zero-order chi connectivity index (χ0) is 30.5. The van der Waals surface area contributed by atoms with E-state index < -0.39 is 0 Å². The fraction of sp³-hybridized carbons (Fsp3) is 0.576. The maximum Gasteiger partial charge on any atom is 0.157 e. The highest BCUT2D eigenvalue weighted by Gasteiger charge is 2.23. The Labute approximate surface area is 250 Å². The molecule has 0 saturated carbocycles. The second-order valence-corrected chi connectivity index (χ2v) is 10.5. The molecule has 0 fully saturated rings. The van der Waals surface area contributed by atoms with Crippen LogP contribution < -0.4 is 10.6 Å². The first kappa shape index (κ1) is 37.5. The van der Waals surface area contributed by atoms with Crippen LogP contribution in [0.4, 0.5) is 16.4 Å². The maximum atomic E-state index is 5.32. The molecule has 2 unspecified atom stereocenters. The fourth-order valence-corrected chi connectivity index (χ4v) is 4.57. The lowest BCUT2D eigenvalue weighted by atomic mass is 10.1. The number of para-hydroxylation sites is 2. The largest absolute Gasteiger partial charge is 0.377 e. The monoisotopic (exact) mass is 571 g/mol. The number of nitrogens with one attached hydrogen (secondary N) is 2. The highest BCUT2D eigenvalue weighted by atomic mass is 32.1. The number of aliphatic imine (C=N–C) groups is 1. The SMILES string of the molecule is C/C=C\C(CC/C=C/CCC(C)NC)OC.CC.CC.CC(C)c1nc2c(s1)Nc1ccccc1N=C2N(C)C. The third-order valence-corrected chi connectivity index (χ3v) is 7.18. The number of anilines is 2. The molecule has 2 atom stereocenters. The third-order valence-electron chi connectivity index (χ3n) is 5.91.